The lowest BCUT2D eigenvalue weighted by Gasteiger charge is -2.36. The number of benzene rings is 1. The molecule has 1 aliphatic rings. The molecule has 1 aromatic carbocycles. The first-order valence-corrected chi connectivity index (χ1v) is 12.2. The van der Waals surface area contributed by atoms with Crippen LogP contribution in [0.3, 0.4) is 0 Å². The molecule has 0 spiro atoms. The third-order valence-corrected chi connectivity index (χ3v) is 6.97. The molecule has 1 heterocycles. The van der Waals surface area contributed by atoms with Crippen molar-refractivity contribution in [2.45, 2.75) is 69.5 Å². The van der Waals surface area contributed by atoms with E-state index in [9.17, 15) is 9.59 Å². The number of halogens is 1. The second-order valence-electron chi connectivity index (χ2n) is 8.01. The van der Waals surface area contributed by atoms with Gasteiger partial charge in [0.2, 0.25) is 11.8 Å². The molecule has 31 heavy (non-hydrogen) atoms. The maximum atomic E-state index is 12.9. The molecule has 0 radical (unpaired) electrons. The van der Waals surface area contributed by atoms with Crippen LogP contribution in [0.4, 0.5) is 0 Å². The highest BCUT2D eigenvalue weighted by atomic mass is 35.5. The van der Waals surface area contributed by atoms with Crippen molar-refractivity contribution in [3.8, 4) is 5.69 Å². The van der Waals surface area contributed by atoms with E-state index in [-0.39, 0.29) is 17.6 Å². The SMILES string of the molecule is CCCCNC(=O)C1(NC(=O)CSc2nncn2-c2ccc(C)c(Cl)c2)CCCCC1. The fourth-order valence-corrected chi connectivity index (χ4v) is 4.68. The van der Waals surface area contributed by atoms with E-state index < -0.39 is 5.54 Å². The van der Waals surface area contributed by atoms with Gasteiger partial charge in [0.1, 0.15) is 11.9 Å². The maximum absolute atomic E-state index is 12.9. The standard InChI is InChI=1S/C22H30ClN5O2S/c1-3-4-12-24-20(30)22(10-6-5-7-11-22)26-19(29)14-31-21-27-25-15-28(21)17-9-8-16(2)18(23)13-17/h8-9,13,15H,3-7,10-12,14H2,1-2H3,(H,24,30)(H,26,29). The largest absolute Gasteiger partial charge is 0.354 e. The molecular formula is C22H30ClN5O2S. The van der Waals surface area contributed by atoms with Crippen molar-refractivity contribution in [1.29, 1.82) is 0 Å². The first-order chi connectivity index (χ1) is 14.9. The lowest BCUT2D eigenvalue weighted by molar-refractivity contribution is -0.134. The highest BCUT2D eigenvalue weighted by molar-refractivity contribution is 7.99. The van der Waals surface area contributed by atoms with E-state index in [0.29, 0.717) is 29.6 Å². The summed E-state index contributed by atoms with van der Waals surface area (Å²) in [5, 5.41) is 15.4. The average Bonchev–Trinajstić information content (AvgIpc) is 3.23. The molecule has 9 heteroatoms. The Bertz CT molecular complexity index is 911. The second kappa shape index (κ2) is 11.0. The molecule has 2 N–H and O–H groups in total. The zero-order valence-electron chi connectivity index (χ0n) is 18.1. The fraction of sp³-hybridized carbons (Fsp3) is 0.545. The number of hydrogen-bond acceptors (Lipinski definition) is 5. The van der Waals surface area contributed by atoms with Crippen molar-refractivity contribution in [3.63, 3.8) is 0 Å². The molecule has 0 bridgehead atoms. The van der Waals surface area contributed by atoms with Gasteiger partial charge < -0.3 is 10.6 Å². The molecular weight excluding hydrogens is 434 g/mol. The summed E-state index contributed by atoms with van der Waals surface area (Å²) in [7, 11) is 0. The summed E-state index contributed by atoms with van der Waals surface area (Å²) in [6.07, 6.45) is 7.89. The van der Waals surface area contributed by atoms with Crippen LogP contribution in [-0.2, 0) is 9.59 Å². The molecule has 1 aliphatic carbocycles. The summed E-state index contributed by atoms with van der Waals surface area (Å²) in [5.41, 5.74) is 1.02. The van der Waals surface area contributed by atoms with E-state index >= 15 is 0 Å². The van der Waals surface area contributed by atoms with E-state index in [2.05, 4.69) is 27.8 Å². The summed E-state index contributed by atoms with van der Waals surface area (Å²) in [6.45, 7) is 4.67. The minimum Gasteiger partial charge on any atom is -0.354 e. The van der Waals surface area contributed by atoms with Gasteiger partial charge in [-0.1, -0.05) is 62.0 Å². The highest BCUT2D eigenvalue weighted by Crippen LogP contribution is 2.29. The summed E-state index contributed by atoms with van der Waals surface area (Å²) in [4.78, 5) is 25.7. The van der Waals surface area contributed by atoms with Gasteiger partial charge in [-0.15, -0.1) is 10.2 Å². The number of carbonyl (C=O) groups is 2. The second-order valence-corrected chi connectivity index (χ2v) is 9.36. The van der Waals surface area contributed by atoms with Gasteiger partial charge in [-0.3, -0.25) is 14.2 Å². The Labute approximate surface area is 192 Å². The van der Waals surface area contributed by atoms with Crippen LogP contribution >= 0.6 is 23.4 Å². The van der Waals surface area contributed by atoms with Crippen LogP contribution in [0, 0.1) is 6.92 Å². The van der Waals surface area contributed by atoms with Gasteiger partial charge in [0.05, 0.1) is 11.4 Å². The summed E-state index contributed by atoms with van der Waals surface area (Å²) in [6, 6.07) is 5.72. The summed E-state index contributed by atoms with van der Waals surface area (Å²) in [5.74, 6) is -0.0760. The van der Waals surface area contributed by atoms with Crippen molar-refractivity contribution in [3.05, 3.63) is 35.1 Å². The van der Waals surface area contributed by atoms with Gasteiger partial charge in [0.15, 0.2) is 5.16 Å². The number of rotatable bonds is 9. The van der Waals surface area contributed by atoms with Crippen LogP contribution in [-0.4, -0.2) is 44.4 Å². The first kappa shape index (κ1) is 23.6. The Morgan fingerprint density at radius 1 is 1.26 bits per heavy atom. The summed E-state index contributed by atoms with van der Waals surface area (Å²) < 4.78 is 1.80. The predicted molar refractivity (Wildman–Crippen MR) is 124 cm³/mol. The zero-order valence-corrected chi connectivity index (χ0v) is 19.7. The van der Waals surface area contributed by atoms with Crippen LogP contribution < -0.4 is 10.6 Å². The van der Waals surface area contributed by atoms with Crippen LogP contribution in [0.1, 0.15) is 57.4 Å². The number of hydrogen-bond donors (Lipinski definition) is 2. The van der Waals surface area contributed by atoms with Crippen LogP contribution in [0.25, 0.3) is 5.69 Å². The lowest BCUT2D eigenvalue weighted by atomic mass is 9.80. The zero-order chi connectivity index (χ0) is 22.3. The number of thioether (sulfide) groups is 1. The molecule has 0 saturated heterocycles. The quantitative estimate of drug-likeness (QED) is 0.432. The maximum Gasteiger partial charge on any atom is 0.245 e. The third kappa shape index (κ3) is 6.01. The molecule has 0 atom stereocenters. The molecule has 0 unspecified atom stereocenters. The van der Waals surface area contributed by atoms with Crippen molar-refractivity contribution in [1.82, 2.24) is 25.4 Å². The molecule has 1 saturated carbocycles. The minimum atomic E-state index is -0.804. The average molecular weight is 464 g/mol. The number of carbonyl (C=O) groups excluding carboxylic acids is 2. The number of amides is 2. The Kier molecular flexibility index (Phi) is 8.37. The van der Waals surface area contributed by atoms with Crippen molar-refractivity contribution in [2.24, 2.45) is 0 Å². The fourth-order valence-electron chi connectivity index (χ4n) is 3.78. The van der Waals surface area contributed by atoms with E-state index in [1.807, 2.05) is 25.1 Å². The molecule has 3 rings (SSSR count). The van der Waals surface area contributed by atoms with Gasteiger partial charge >= 0.3 is 0 Å². The molecule has 1 fully saturated rings. The minimum absolute atomic E-state index is 0.0588. The Morgan fingerprint density at radius 2 is 2.03 bits per heavy atom. The van der Waals surface area contributed by atoms with Crippen LogP contribution in [0.5, 0.6) is 0 Å². The van der Waals surface area contributed by atoms with Crippen molar-refractivity contribution in [2.75, 3.05) is 12.3 Å². The molecule has 0 aliphatic heterocycles. The number of aryl methyl sites for hydroxylation is 1. The lowest BCUT2D eigenvalue weighted by Crippen LogP contribution is -2.60. The van der Waals surface area contributed by atoms with Gasteiger partial charge in [0, 0.05) is 11.6 Å². The van der Waals surface area contributed by atoms with Gasteiger partial charge in [-0.05, 0) is 43.9 Å². The Morgan fingerprint density at radius 3 is 2.74 bits per heavy atom. The third-order valence-electron chi connectivity index (χ3n) is 5.62. The Balaban J connectivity index is 1.64. The molecule has 1 aromatic heterocycles. The summed E-state index contributed by atoms with van der Waals surface area (Å²) >= 11 is 7.54. The molecule has 168 valence electrons. The van der Waals surface area contributed by atoms with E-state index in [0.717, 1.165) is 43.4 Å². The van der Waals surface area contributed by atoms with Gasteiger partial charge in [-0.25, -0.2) is 0 Å². The molecule has 2 amide bonds. The molecule has 7 nitrogen and oxygen atoms in total. The molecule has 2 aromatic rings. The topological polar surface area (TPSA) is 88.9 Å². The van der Waals surface area contributed by atoms with E-state index in [4.69, 9.17) is 11.6 Å². The van der Waals surface area contributed by atoms with Crippen LogP contribution in [0.2, 0.25) is 5.02 Å². The number of nitrogens with zero attached hydrogens (tertiary/aromatic N) is 3. The normalized spacial score (nSPS) is 15.5. The van der Waals surface area contributed by atoms with Gasteiger partial charge in [0.25, 0.3) is 0 Å². The van der Waals surface area contributed by atoms with E-state index in [1.165, 1.54) is 11.8 Å². The first-order valence-electron chi connectivity index (χ1n) is 10.8. The van der Waals surface area contributed by atoms with Crippen molar-refractivity contribution < 1.29 is 9.59 Å². The van der Waals surface area contributed by atoms with Crippen molar-refractivity contribution >= 4 is 35.2 Å². The van der Waals surface area contributed by atoms with E-state index in [1.54, 1.807) is 10.9 Å². The monoisotopic (exact) mass is 463 g/mol. The number of aromatic nitrogens is 3. The Hall–Kier alpha value is -2.06. The smallest absolute Gasteiger partial charge is 0.245 e. The van der Waals surface area contributed by atoms with Crippen LogP contribution in [0.15, 0.2) is 29.7 Å². The number of nitrogens with one attached hydrogen (secondary N) is 2. The number of unbranched alkanes of at least 4 members (excludes halogenated alkanes) is 1. The highest BCUT2D eigenvalue weighted by Gasteiger charge is 2.40. The predicted octanol–water partition coefficient (Wildman–Crippen LogP) is 4.06. The van der Waals surface area contributed by atoms with Gasteiger partial charge in [-0.2, -0.15) is 0 Å².